The minimum absolute atomic E-state index is 0.113. The third kappa shape index (κ3) is 4.25. The molecule has 1 unspecified atom stereocenters. The molecule has 0 aliphatic rings. The van der Waals surface area contributed by atoms with Crippen molar-refractivity contribution < 1.29 is 14.3 Å². The molecule has 0 aliphatic carbocycles. The van der Waals surface area contributed by atoms with Gasteiger partial charge in [-0.3, -0.25) is 4.79 Å². The Labute approximate surface area is 143 Å². The van der Waals surface area contributed by atoms with Gasteiger partial charge in [-0.2, -0.15) is 0 Å². The normalized spacial score (nSPS) is 11.9. The zero-order valence-corrected chi connectivity index (χ0v) is 14.6. The van der Waals surface area contributed by atoms with Gasteiger partial charge < -0.3 is 14.8 Å². The summed E-state index contributed by atoms with van der Waals surface area (Å²) in [7, 11) is 1.63. The second-order valence-corrected chi connectivity index (χ2v) is 5.76. The number of hydrogen-bond acceptors (Lipinski definition) is 4. The van der Waals surface area contributed by atoms with E-state index >= 15 is 0 Å². The highest BCUT2D eigenvalue weighted by Gasteiger charge is 2.21. The lowest BCUT2D eigenvalue weighted by atomic mass is 9.95. The molecule has 0 aliphatic heterocycles. The Morgan fingerprint density at radius 2 is 1.92 bits per heavy atom. The van der Waals surface area contributed by atoms with Crippen LogP contribution in [0.5, 0.6) is 11.6 Å². The van der Waals surface area contributed by atoms with E-state index in [1.165, 1.54) is 0 Å². The smallest absolute Gasteiger partial charge is 0.257 e. The Balaban J connectivity index is 2.22. The van der Waals surface area contributed by atoms with Gasteiger partial charge in [0, 0.05) is 6.20 Å². The molecule has 0 bridgehead atoms. The minimum Gasteiger partial charge on any atom is -0.497 e. The number of pyridine rings is 1. The first-order valence-corrected chi connectivity index (χ1v) is 8.09. The highest BCUT2D eigenvalue weighted by molar-refractivity contribution is 5.96. The molecule has 2 rings (SSSR count). The molecule has 0 spiro atoms. The summed E-state index contributed by atoms with van der Waals surface area (Å²) < 4.78 is 10.6. The SMILES string of the molecule is CCOc1ncccc1C(=O)NC(c1ccc(OC)cc1)C(C)C. The lowest BCUT2D eigenvalue weighted by molar-refractivity contribution is 0.0921. The first-order chi connectivity index (χ1) is 11.6. The molecular weight excluding hydrogens is 304 g/mol. The van der Waals surface area contributed by atoms with Gasteiger partial charge in [0.15, 0.2) is 0 Å². The van der Waals surface area contributed by atoms with Crippen LogP contribution in [0.1, 0.15) is 42.7 Å². The fourth-order valence-corrected chi connectivity index (χ4v) is 2.48. The highest BCUT2D eigenvalue weighted by atomic mass is 16.5. The van der Waals surface area contributed by atoms with Crippen LogP contribution in [0.3, 0.4) is 0 Å². The van der Waals surface area contributed by atoms with Crippen molar-refractivity contribution in [1.29, 1.82) is 0 Å². The molecule has 0 saturated heterocycles. The van der Waals surface area contributed by atoms with E-state index in [0.29, 0.717) is 18.1 Å². The van der Waals surface area contributed by atoms with Crippen LogP contribution in [0.25, 0.3) is 0 Å². The maximum Gasteiger partial charge on any atom is 0.257 e. The summed E-state index contributed by atoms with van der Waals surface area (Å²) in [6.45, 7) is 6.47. The zero-order chi connectivity index (χ0) is 17.5. The average Bonchev–Trinajstić information content (AvgIpc) is 2.60. The fraction of sp³-hybridized carbons (Fsp3) is 0.368. The van der Waals surface area contributed by atoms with Crippen molar-refractivity contribution in [1.82, 2.24) is 10.3 Å². The van der Waals surface area contributed by atoms with Gasteiger partial charge in [-0.05, 0) is 42.7 Å². The van der Waals surface area contributed by atoms with E-state index in [1.807, 2.05) is 31.2 Å². The van der Waals surface area contributed by atoms with E-state index in [-0.39, 0.29) is 17.9 Å². The number of hydrogen-bond donors (Lipinski definition) is 1. The monoisotopic (exact) mass is 328 g/mol. The topological polar surface area (TPSA) is 60.5 Å². The Kier molecular flexibility index (Phi) is 6.18. The van der Waals surface area contributed by atoms with Gasteiger partial charge in [0.25, 0.3) is 5.91 Å². The number of carbonyl (C=O) groups is 1. The Morgan fingerprint density at radius 3 is 2.50 bits per heavy atom. The second kappa shape index (κ2) is 8.34. The molecule has 24 heavy (non-hydrogen) atoms. The molecule has 0 radical (unpaired) electrons. The highest BCUT2D eigenvalue weighted by Crippen LogP contribution is 2.25. The number of nitrogens with zero attached hydrogens (tertiary/aromatic N) is 1. The summed E-state index contributed by atoms with van der Waals surface area (Å²) in [5.41, 5.74) is 1.47. The molecule has 5 nitrogen and oxygen atoms in total. The van der Waals surface area contributed by atoms with Gasteiger partial charge in [0.2, 0.25) is 5.88 Å². The quantitative estimate of drug-likeness (QED) is 0.843. The first-order valence-electron chi connectivity index (χ1n) is 8.09. The Hall–Kier alpha value is -2.56. The van der Waals surface area contributed by atoms with Crippen LogP contribution in [-0.2, 0) is 0 Å². The molecule has 1 aromatic heterocycles. The molecule has 128 valence electrons. The van der Waals surface area contributed by atoms with Crippen molar-refractivity contribution in [2.45, 2.75) is 26.8 Å². The van der Waals surface area contributed by atoms with Gasteiger partial charge in [-0.25, -0.2) is 4.98 Å². The average molecular weight is 328 g/mol. The van der Waals surface area contributed by atoms with Crippen LogP contribution in [-0.4, -0.2) is 24.6 Å². The predicted molar refractivity (Wildman–Crippen MR) is 93.4 cm³/mol. The van der Waals surface area contributed by atoms with Crippen LogP contribution in [0.15, 0.2) is 42.6 Å². The van der Waals surface area contributed by atoms with E-state index in [1.54, 1.807) is 25.4 Å². The number of ether oxygens (including phenoxy) is 2. The Morgan fingerprint density at radius 1 is 1.21 bits per heavy atom. The van der Waals surface area contributed by atoms with Gasteiger partial charge in [0.05, 0.1) is 19.8 Å². The summed E-state index contributed by atoms with van der Waals surface area (Å²) in [6, 6.07) is 11.1. The summed E-state index contributed by atoms with van der Waals surface area (Å²) in [6.07, 6.45) is 1.62. The van der Waals surface area contributed by atoms with Gasteiger partial charge in [-0.1, -0.05) is 26.0 Å². The van der Waals surface area contributed by atoms with Crippen LogP contribution in [0.4, 0.5) is 0 Å². The molecule has 0 saturated carbocycles. The lowest BCUT2D eigenvalue weighted by Crippen LogP contribution is -2.32. The first kappa shape index (κ1) is 17.8. The maximum absolute atomic E-state index is 12.7. The summed E-state index contributed by atoms with van der Waals surface area (Å²) in [5.74, 6) is 1.18. The largest absolute Gasteiger partial charge is 0.497 e. The summed E-state index contributed by atoms with van der Waals surface area (Å²) in [4.78, 5) is 16.8. The molecule has 1 heterocycles. The van der Waals surface area contributed by atoms with Crippen LogP contribution in [0.2, 0.25) is 0 Å². The molecule has 1 N–H and O–H groups in total. The third-order valence-electron chi connectivity index (χ3n) is 3.73. The van der Waals surface area contributed by atoms with Crippen molar-refractivity contribution in [2.24, 2.45) is 5.92 Å². The lowest BCUT2D eigenvalue weighted by Gasteiger charge is -2.23. The molecule has 1 aromatic carbocycles. The van der Waals surface area contributed by atoms with Crippen LogP contribution < -0.4 is 14.8 Å². The van der Waals surface area contributed by atoms with E-state index in [4.69, 9.17) is 9.47 Å². The second-order valence-electron chi connectivity index (χ2n) is 5.76. The van der Waals surface area contributed by atoms with Crippen molar-refractivity contribution >= 4 is 5.91 Å². The van der Waals surface area contributed by atoms with E-state index in [9.17, 15) is 4.79 Å². The molecule has 1 amide bonds. The molecule has 0 fully saturated rings. The number of methoxy groups -OCH3 is 1. The molecule has 1 atom stereocenters. The molecule has 2 aromatic rings. The van der Waals surface area contributed by atoms with Crippen LogP contribution >= 0.6 is 0 Å². The number of amides is 1. The number of nitrogens with one attached hydrogen (secondary N) is 1. The van der Waals surface area contributed by atoms with Gasteiger partial charge in [-0.15, -0.1) is 0 Å². The standard InChI is InChI=1S/C19H24N2O3/c1-5-24-19-16(7-6-12-20-19)18(22)21-17(13(2)3)14-8-10-15(23-4)11-9-14/h6-13,17H,5H2,1-4H3,(H,21,22). The van der Waals surface area contributed by atoms with Gasteiger partial charge >= 0.3 is 0 Å². The summed E-state index contributed by atoms with van der Waals surface area (Å²) >= 11 is 0. The van der Waals surface area contributed by atoms with Gasteiger partial charge in [0.1, 0.15) is 11.3 Å². The molecular formula is C19H24N2O3. The number of carbonyl (C=O) groups excluding carboxylic acids is 1. The third-order valence-corrected chi connectivity index (χ3v) is 3.73. The minimum atomic E-state index is -0.193. The van der Waals surface area contributed by atoms with Crippen molar-refractivity contribution in [3.63, 3.8) is 0 Å². The zero-order valence-electron chi connectivity index (χ0n) is 14.6. The molecule has 5 heteroatoms. The summed E-state index contributed by atoms with van der Waals surface area (Å²) in [5, 5.41) is 3.09. The van der Waals surface area contributed by atoms with Crippen molar-refractivity contribution in [2.75, 3.05) is 13.7 Å². The fourth-order valence-electron chi connectivity index (χ4n) is 2.48. The van der Waals surface area contributed by atoms with E-state index < -0.39 is 0 Å². The number of rotatable bonds is 7. The van der Waals surface area contributed by atoms with E-state index in [2.05, 4.69) is 24.1 Å². The maximum atomic E-state index is 12.7. The van der Waals surface area contributed by atoms with Crippen molar-refractivity contribution in [3.05, 3.63) is 53.7 Å². The van der Waals surface area contributed by atoms with Crippen LogP contribution in [0, 0.1) is 5.92 Å². The predicted octanol–water partition coefficient (Wildman–Crippen LogP) is 3.62. The number of benzene rings is 1. The van der Waals surface area contributed by atoms with E-state index in [0.717, 1.165) is 11.3 Å². The number of aromatic nitrogens is 1. The van der Waals surface area contributed by atoms with Crippen molar-refractivity contribution in [3.8, 4) is 11.6 Å². The Bertz CT molecular complexity index is 669.